The summed E-state index contributed by atoms with van der Waals surface area (Å²) in [7, 11) is 1.71. The summed E-state index contributed by atoms with van der Waals surface area (Å²) in [5.74, 6) is 3.11. The SMILES string of the molecule is COC(C)/C(C)=C\c1nc(C2SCCCS2)co1. The maximum Gasteiger partial charge on any atom is 0.218 e. The molecule has 0 aromatic carbocycles. The van der Waals surface area contributed by atoms with Gasteiger partial charge < -0.3 is 9.15 Å². The van der Waals surface area contributed by atoms with Crippen LogP contribution in [-0.2, 0) is 4.74 Å². The van der Waals surface area contributed by atoms with Gasteiger partial charge in [0, 0.05) is 13.2 Å². The van der Waals surface area contributed by atoms with Gasteiger partial charge in [0.1, 0.15) is 12.0 Å². The predicted octanol–water partition coefficient (Wildman–Crippen LogP) is 3.98. The smallest absolute Gasteiger partial charge is 0.218 e. The van der Waals surface area contributed by atoms with E-state index in [4.69, 9.17) is 9.15 Å². The second-order valence-electron chi connectivity index (χ2n) is 4.30. The van der Waals surface area contributed by atoms with E-state index < -0.39 is 0 Å². The molecule has 0 saturated carbocycles. The van der Waals surface area contributed by atoms with Crippen LogP contribution in [0.15, 0.2) is 16.3 Å². The van der Waals surface area contributed by atoms with Crippen LogP contribution in [0.4, 0.5) is 0 Å². The Morgan fingerprint density at radius 2 is 2.28 bits per heavy atom. The Bertz CT molecular complexity index is 411. The van der Waals surface area contributed by atoms with Gasteiger partial charge in [-0.15, -0.1) is 23.5 Å². The molecule has 0 aliphatic carbocycles. The molecule has 0 amide bonds. The number of methoxy groups -OCH3 is 1. The van der Waals surface area contributed by atoms with Crippen LogP contribution in [0.2, 0.25) is 0 Å². The normalized spacial score (nSPS) is 20.1. The number of rotatable bonds is 4. The van der Waals surface area contributed by atoms with E-state index in [1.165, 1.54) is 17.9 Å². The summed E-state index contributed by atoms with van der Waals surface area (Å²) in [6.45, 7) is 4.05. The Morgan fingerprint density at radius 1 is 1.56 bits per heavy atom. The molecular formula is C13H19NO2S2. The second kappa shape index (κ2) is 6.68. The lowest BCUT2D eigenvalue weighted by atomic mass is 10.2. The van der Waals surface area contributed by atoms with Gasteiger partial charge in [-0.2, -0.15) is 0 Å². The van der Waals surface area contributed by atoms with Crippen molar-refractivity contribution in [2.45, 2.75) is 31.0 Å². The van der Waals surface area contributed by atoms with Crippen LogP contribution in [0.3, 0.4) is 0 Å². The Morgan fingerprint density at radius 3 is 2.94 bits per heavy atom. The van der Waals surface area contributed by atoms with E-state index in [2.05, 4.69) is 4.98 Å². The van der Waals surface area contributed by atoms with Gasteiger partial charge in [-0.25, -0.2) is 4.98 Å². The maximum atomic E-state index is 5.51. The van der Waals surface area contributed by atoms with Crippen molar-refractivity contribution in [2.24, 2.45) is 0 Å². The zero-order chi connectivity index (χ0) is 13.0. The molecule has 0 bridgehead atoms. The summed E-state index contributed by atoms with van der Waals surface area (Å²) in [5.41, 5.74) is 2.17. The fraction of sp³-hybridized carbons (Fsp3) is 0.615. The number of nitrogens with zero attached hydrogens (tertiary/aromatic N) is 1. The molecule has 1 unspecified atom stereocenters. The minimum atomic E-state index is 0.0961. The minimum absolute atomic E-state index is 0.0961. The molecule has 5 heteroatoms. The summed E-state index contributed by atoms with van der Waals surface area (Å²) in [5, 5.41) is 0. The molecule has 2 heterocycles. The highest BCUT2D eigenvalue weighted by molar-refractivity contribution is 8.16. The number of oxazole rings is 1. The highest BCUT2D eigenvalue weighted by atomic mass is 32.2. The number of thioether (sulfide) groups is 2. The molecule has 1 saturated heterocycles. The van der Waals surface area contributed by atoms with Gasteiger partial charge in [0.25, 0.3) is 0 Å². The van der Waals surface area contributed by atoms with E-state index in [0.29, 0.717) is 10.5 Å². The Kier molecular flexibility index (Phi) is 5.21. The van der Waals surface area contributed by atoms with E-state index in [9.17, 15) is 0 Å². The fourth-order valence-corrected chi connectivity index (χ4v) is 4.38. The molecule has 18 heavy (non-hydrogen) atoms. The molecule has 1 atom stereocenters. The molecule has 0 spiro atoms. The monoisotopic (exact) mass is 285 g/mol. The van der Waals surface area contributed by atoms with E-state index in [1.807, 2.05) is 43.4 Å². The summed E-state index contributed by atoms with van der Waals surface area (Å²) < 4.78 is 11.2. The highest BCUT2D eigenvalue weighted by Gasteiger charge is 2.20. The minimum Gasteiger partial charge on any atom is -0.445 e. The van der Waals surface area contributed by atoms with Crippen molar-refractivity contribution in [2.75, 3.05) is 18.6 Å². The van der Waals surface area contributed by atoms with E-state index in [-0.39, 0.29) is 6.10 Å². The molecule has 1 aliphatic heterocycles. The first kappa shape index (κ1) is 14.0. The van der Waals surface area contributed by atoms with E-state index in [1.54, 1.807) is 13.4 Å². The first-order valence-electron chi connectivity index (χ1n) is 6.10. The molecule has 2 rings (SSSR count). The standard InChI is InChI=1S/C13H19NO2S2/c1-9(10(2)15-3)7-12-14-11(8-16-12)13-17-5-4-6-18-13/h7-8,10,13H,4-6H2,1-3H3/b9-7-. The fourth-order valence-electron chi connectivity index (χ4n) is 1.63. The number of ether oxygens (including phenoxy) is 1. The second-order valence-corrected chi connectivity index (χ2v) is 7.03. The molecule has 1 aromatic heterocycles. The third-order valence-corrected chi connectivity index (χ3v) is 5.91. The topological polar surface area (TPSA) is 35.3 Å². The average molecular weight is 285 g/mol. The summed E-state index contributed by atoms with van der Waals surface area (Å²) in [4.78, 5) is 4.55. The third-order valence-electron chi connectivity index (χ3n) is 2.95. The molecule has 1 aliphatic rings. The van der Waals surface area contributed by atoms with E-state index >= 15 is 0 Å². The van der Waals surface area contributed by atoms with Gasteiger partial charge in [0.15, 0.2) is 0 Å². The van der Waals surface area contributed by atoms with Gasteiger partial charge in [0.2, 0.25) is 5.89 Å². The zero-order valence-corrected chi connectivity index (χ0v) is 12.6. The lowest BCUT2D eigenvalue weighted by molar-refractivity contribution is 0.147. The average Bonchev–Trinajstić information content (AvgIpc) is 2.87. The van der Waals surface area contributed by atoms with Crippen molar-refractivity contribution < 1.29 is 9.15 Å². The largest absolute Gasteiger partial charge is 0.445 e. The summed E-state index contributed by atoms with van der Waals surface area (Å²) in [6, 6.07) is 0. The van der Waals surface area contributed by atoms with Crippen molar-refractivity contribution in [3.8, 4) is 0 Å². The number of aromatic nitrogens is 1. The Hall–Kier alpha value is -0.390. The molecule has 1 fully saturated rings. The molecule has 0 radical (unpaired) electrons. The molecule has 1 aromatic rings. The first-order valence-corrected chi connectivity index (χ1v) is 8.20. The third kappa shape index (κ3) is 3.56. The maximum absolute atomic E-state index is 5.51. The number of hydrogen-bond donors (Lipinski definition) is 0. The summed E-state index contributed by atoms with van der Waals surface area (Å²) in [6.07, 6.45) is 5.13. The van der Waals surface area contributed by atoms with Gasteiger partial charge in [-0.1, -0.05) is 0 Å². The van der Waals surface area contributed by atoms with Crippen molar-refractivity contribution in [1.82, 2.24) is 4.98 Å². The molecule has 0 N–H and O–H groups in total. The number of hydrogen-bond acceptors (Lipinski definition) is 5. The van der Waals surface area contributed by atoms with Gasteiger partial charge in [-0.05, 0) is 37.3 Å². The van der Waals surface area contributed by atoms with Crippen LogP contribution in [0.25, 0.3) is 6.08 Å². The van der Waals surface area contributed by atoms with Crippen molar-refractivity contribution in [3.63, 3.8) is 0 Å². The predicted molar refractivity (Wildman–Crippen MR) is 78.9 cm³/mol. The van der Waals surface area contributed by atoms with Crippen LogP contribution >= 0.6 is 23.5 Å². The Balaban J connectivity index is 2.05. The lowest BCUT2D eigenvalue weighted by Gasteiger charge is -2.18. The lowest BCUT2D eigenvalue weighted by Crippen LogP contribution is -2.05. The zero-order valence-electron chi connectivity index (χ0n) is 11.0. The van der Waals surface area contributed by atoms with Crippen LogP contribution in [0.1, 0.15) is 36.4 Å². The quantitative estimate of drug-likeness (QED) is 0.836. The van der Waals surface area contributed by atoms with Crippen LogP contribution in [0.5, 0.6) is 0 Å². The van der Waals surface area contributed by atoms with Crippen LogP contribution in [-0.4, -0.2) is 29.7 Å². The van der Waals surface area contributed by atoms with Crippen molar-refractivity contribution >= 4 is 29.6 Å². The molecule has 100 valence electrons. The molecular weight excluding hydrogens is 266 g/mol. The summed E-state index contributed by atoms with van der Waals surface area (Å²) >= 11 is 3.91. The van der Waals surface area contributed by atoms with E-state index in [0.717, 1.165) is 11.3 Å². The van der Waals surface area contributed by atoms with Gasteiger partial charge in [0.05, 0.1) is 10.7 Å². The van der Waals surface area contributed by atoms with Crippen molar-refractivity contribution in [1.29, 1.82) is 0 Å². The highest BCUT2D eigenvalue weighted by Crippen LogP contribution is 2.43. The Labute approximate surface area is 117 Å². The molecule has 3 nitrogen and oxygen atoms in total. The van der Waals surface area contributed by atoms with Crippen LogP contribution in [0, 0.1) is 0 Å². The van der Waals surface area contributed by atoms with Crippen LogP contribution < -0.4 is 0 Å². The first-order chi connectivity index (χ1) is 8.70. The van der Waals surface area contributed by atoms with Gasteiger partial charge in [-0.3, -0.25) is 0 Å². The van der Waals surface area contributed by atoms with Crippen molar-refractivity contribution in [3.05, 3.63) is 23.4 Å². The van der Waals surface area contributed by atoms with Gasteiger partial charge >= 0.3 is 0 Å².